The topological polar surface area (TPSA) is 97.4 Å². The molecule has 1 saturated carbocycles. The summed E-state index contributed by atoms with van der Waals surface area (Å²) in [6.45, 7) is 1.57. The van der Waals surface area contributed by atoms with Crippen molar-refractivity contribution in [2.75, 3.05) is 6.61 Å². The van der Waals surface area contributed by atoms with Gasteiger partial charge in [0, 0.05) is 12.1 Å². The van der Waals surface area contributed by atoms with Crippen molar-refractivity contribution in [3.63, 3.8) is 0 Å². The van der Waals surface area contributed by atoms with E-state index in [9.17, 15) is 14.4 Å². The minimum atomic E-state index is -0.671. The Balaban J connectivity index is 1.41. The maximum absolute atomic E-state index is 11.9. The molecule has 28 heavy (non-hydrogen) atoms. The Morgan fingerprint density at radius 3 is 2.82 bits per heavy atom. The Bertz CT molecular complexity index is 859. The van der Waals surface area contributed by atoms with E-state index in [-0.39, 0.29) is 6.04 Å². The average Bonchev–Trinajstić information content (AvgIpc) is 3.09. The summed E-state index contributed by atoms with van der Waals surface area (Å²) in [6, 6.07) is 7.18. The number of carbonyl (C=O) groups excluding carboxylic acids is 3. The average molecular weight is 401 g/mol. The second-order valence-corrected chi connectivity index (χ2v) is 7.91. The van der Waals surface area contributed by atoms with Gasteiger partial charge in [0.1, 0.15) is 5.01 Å². The van der Waals surface area contributed by atoms with Crippen molar-refractivity contribution in [2.45, 2.75) is 38.6 Å². The van der Waals surface area contributed by atoms with Crippen molar-refractivity contribution < 1.29 is 19.1 Å². The molecular weight excluding hydrogens is 378 g/mol. The van der Waals surface area contributed by atoms with Crippen molar-refractivity contribution in [1.82, 2.24) is 15.6 Å². The molecule has 0 unspecified atom stereocenters. The van der Waals surface area contributed by atoms with Crippen LogP contribution in [0, 0.1) is 5.92 Å². The van der Waals surface area contributed by atoms with Gasteiger partial charge in [-0.05, 0) is 37.0 Å². The van der Waals surface area contributed by atoms with Crippen LogP contribution >= 0.6 is 11.3 Å². The highest BCUT2D eigenvalue weighted by Crippen LogP contribution is 2.23. The van der Waals surface area contributed by atoms with Crippen LogP contribution in [0.25, 0.3) is 16.3 Å². The lowest BCUT2D eigenvalue weighted by molar-refractivity contribution is -0.143. The number of carbonyl (C=O) groups is 3. The third kappa shape index (κ3) is 5.63. The van der Waals surface area contributed by atoms with Gasteiger partial charge in [-0.15, -0.1) is 11.3 Å². The Labute approximate surface area is 167 Å². The molecule has 148 valence electrons. The molecular formula is C20H23N3O4S. The zero-order valence-electron chi connectivity index (χ0n) is 15.6. The van der Waals surface area contributed by atoms with Gasteiger partial charge in [-0.3, -0.25) is 10.1 Å². The minimum absolute atomic E-state index is 0.0702. The summed E-state index contributed by atoms with van der Waals surface area (Å²) in [5.74, 6) is -0.946. The van der Waals surface area contributed by atoms with Crippen LogP contribution in [0.5, 0.6) is 0 Å². The van der Waals surface area contributed by atoms with Crippen molar-refractivity contribution >= 4 is 45.5 Å². The Morgan fingerprint density at radius 1 is 1.25 bits per heavy atom. The van der Waals surface area contributed by atoms with E-state index in [4.69, 9.17) is 4.74 Å². The van der Waals surface area contributed by atoms with Gasteiger partial charge in [0.05, 0.1) is 10.2 Å². The standard InChI is InChI=1S/C20H23N3O4S/c1-13-6-2-3-7-14(13)22-20(26)23-17(24)12-27-19(25)11-10-18-21-15-8-4-5-9-16(15)28-18/h4-5,8-11,13-14H,2-3,6-7,12H2,1H3,(H2,22,23,24,26)/b11-10+/t13-,14-/m0/s1. The molecule has 1 aromatic carbocycles. The van der Waals surface area contributed by atoms with Crippen LogP contribution in [0.15, 0.2) is 30.3 Å². The fourth-order valence-electron chi connectivity index (χ4n) is 3.18. The summed E-state index contributed by atoms with van der Waals surface area (Å²) in [4.78, 5) is 39.8. The van der Waals surface area contributed by atoms with E-state index >= 15 is 0 Å². The van der Waals surface area contributed by atoms with Gasteiger partial charge in [0.15, 0.2) is 6.61 Å². The van der Waals surface area contributed by atoms with Gasteiger partial charge in [0.2, 0.25) is 0 Å². The van der Waals surface area contributed by atoms with Gasteiger partial charge in [-0.25, -0.2) is 14.6 Å². The molecule has 2 N–H and O–H groups in total. The number of benzene rings is 1. The van der Waals surface area contributed by atoms with Crippen LogP contribution in [0.1, 0.15) is 37.6 Å². The first-order valence-electron chi connectivity index (χ1n) is 9.32. The number of aromatic nitrogens is 1. The number of thiazole rings is 1. The van der Waals surface area contributed by atoms with E-state index in [0.29, 0.717) is 10.9 Å². The van der Waals surface area contributed by atoms with Crippen LogP contribution in [-0.4, -0.2) is 35.5 Å². The number of fused-ring (bicyclic) bond motifs is 1. The van der Waals surface area contributed by atoms with E-state index in [2.05, 4.69) is 22.5 Å². The van der Waals surface area contributed by atoms with Gasteiger partial charge in [0.25, 0.3) is 5.91 Å². The Morgan fingerprint density at radius 2 is 2.04 bits per heavy atom. The zero-order chi connectivity index (χ0) is 19.9. The summed E-state index contributed by atoms with van der Waals surface area (Å²) in [5.41, 5.74) is 0.859. The number of nitrogens with one attached hydrogen (secondary N) is 2. The van der Waals surface area contributed by atoms with Crippen LogP contribution < -0.4 is 10.6 Å². The van der Waals surface area contributed by atoms with Gasteiger partial charge in [-0.1, -0.05) is 31.9 Å². The fraction of sp³-hybridized carbons (Fsp3) is 0.400. The van der Waals surface area contributed by atoms with Crippen LogP contribution in [0.4, 0.5) is 4.79 Å². The molecule has 0 bridgehead atoms. The number of imide groups is 1. The maximum Gasteiger partial charge on any atom is 0.331 e. The summed E-state index contributed by atoms with van der Waals surface area (Å²) < 4.78 is 5.89. The third-order valence-electron chi connectivity index (χ3n) is 4.70. The number of esters is 1. The highest BCUT2D eigenvalue weighted by molar-refractivity contribution is 7.19. The highest BCUT2D eigenvalue weighted by Gasteiger charge is 2.23. The molecule has 1 aromatic heterocycles. The lowest BCUT2D eigenvalue weighted by Gasteiger charge is -2.29. The summed E-state index contributed by atoms with van der Waals surface area (Å²) >= 11 is 1.45. The van der Waals surface area contributed by atoms with Gasteiger partial charge >= 0.3 is 12.0 Å². The van der Waals surface area contributed by atoms with Crippen LogP contribution in [-0.2, 0) is 14.3 Å². The molecule has 7 nitrogen and oxygen atoms in total. The molecule has 3 rings (SSSR count). The predicted octanol–water partition coefficient (Wildman–Crippen LogP) is 3.26. The number of rotatable bonds is 5. The number of urea groups is 1. The fourth-order valence-corrected chi connectivity index (χ4v) is 4.05. The zero-order valence-corrected chi connectivity index (χ0v) is 16.5. The lowest BCUT2D eigenvalue weighted by atomic mass is 9.86. The summed E-state index contributed by atoms with van der Waals surface area (Å²) in [7, 11) is 0. The van der Waals surface area contributed by atoms with Crippen molar-refractivity contribution in [3.05, 3.63) is 35.3 Å². The predicted molar refractivity (Wildman–Crippen MR) is 108 cm³/mol. The molecule has 3 amide bonds. The SMILES string of the molecule is C[C@H]1CCCC[C@@H]1NC(=O)NC(=O)COC(=O)/C=C/c1nc2ccccc2s1. The third-order valence-corrected chi connectivity index (χ3v) is 5.70. The summed E-state index contributed by atoms with van der Waals surface area (Å²) in [6.07, 6.45) is 6.98. The normalized spacial score (nSPS) is 19.5. The quantitative estimate of drug-likeness (QED) is 0.592. The van der Waals surface area contributed by atoms with E-state index in [0.717, 1.165) is 29.5 Å². The first kappa shape index (κ1) is 20.0. The molecule has 8 heteroatoms. The molecule has 0 spiro atoms. The number of ether oxygens (including phenoxy) is 1. The molecule has 0 saturated heterocycles. The number of hydrogen-bond acceptors (Lipinski definition) is 6. The second-order valence-electron chi connectivity index (χ2n) is 6.85. The minimum Gasteiger partial charge on any atom is -0.452 e. The summed E-state index contributed by atoms with van der Waals surface area (Å²) in [5, 5.41) is 5.68. The second kappa shape index (κ2) is 9.45. The number of hydrogen-bond donors (Lipinski definition) is 2. The number of amides is 3. The number of para-hydroxylation sites is 1. The molecule has 0 aliphatic heterocycles. The van der Waals surface area contributed by atoms with Gasteiger partial charge < -0.3 is 10.1 Å². The molecule has 0 radical (unpaired) electrons. The van der Waals surface area contributed by atoms with E-state index < -0.39 is 24.5 Å². The van der Waals surface area contributed by atoms with Crippen molar-refractivity contribution in [1.29, 1.82) is 0 Å². The van der Waals surface area contributed by atoms with E-state index in [1.54, 1.807) is 6.08 Å². The molecule has 1 aliphatic rings. The molecule has 2 atom stereocenters. The van der Waals surface area contributed by atoms with E-state index in [1.165, 1.54) is 23.8 Å². The maximum atomic E-state index is 11.9. The number of nitrogens with zero attached hydrogens (tertiary/aromatic N) is 1. The molecule has 1 aliphatic carbocycles. The van der Waals surface area contributed by atoms with Crippen LogP contribution in [0.3, 0.4) is 0 Å². The largest absolute Gasteiger partial charge is 0.452 e. The van der Waals surface area contributed by atoms with E-state index in [1.807, 2.05) is 24.3 Å². The Kier molecular flexibility index (Phi) is 6.76. The highest BCUT2D eigenvalue weighted by atomic mass is 32.1. The molecule has 2 aromatic rings. The van der Waals surface area contributed by atoms with Crippen LogP contribution in [0.2, 0.25) is 0 Å². The van der Waals surface area contributed by atoms with Crippen molar-refractivity contribution in [3.8, 4) is 0 Å². The Hall–Kier alpha value is -2.74. The molecule has 1 heterocycles. The lowest BCUT2D eigenvalue weighted by Crippen LogP contribution is -2.48. The first-order chi connectivity index (χ1) is 13.5. The first-order valence-corrected chi connectivity index (χ1v) is 10.1. The van der Waals surface area contributed by atoms with Gasteiger partial charge in [-0.2, -0.15) is 0 Å². The smallest absolute Gasteiger partial charge is 0.331 e. The molecule has 1 fully saturated rings. The van der Waals surface area contributed by atoms with Crippen molar-refractivity contribution in [2.24, 2.45) is 5.92 Å². The monoisotopic (exact) mass is 401 g/mol.